The van der Waals surface area contributed by atoms with E-state index < -0.39 is 0 Å². The zero-order valence-electron chi connectivity index (χ0n) is 9.93. The number of nitrogens with zero attached hydrogens (tertiary/aromatic N) is 2. The Kier molecular flexibility index (Phi) is 3.11. The van der Waals surface area contributed by atoms with Crippen LogP contribution in [0.1, 0.15) is 19.0 Å². The summed E-state index contributed by atoms with van der Waals surface area (Å²) >= 11 is 0. The Hall–Kier alpha value is -1.87. The van der Waals surface area contributed by atoms with Crippen LogP contribution < -0.4 is 5.32 Å². The Labute approximate surface area is 99.5 Å². The molecule has 1 amide bonds. The van der Waals surface area contributed by atoms with E-state index in [4.69, 9.17) is 0 Å². The maximum absolute atomic E-state index is 11.8. The number of imidazole rings is 1. The normalized spacial score (nSPS) is 23.6. The van der Waals surface area contributed by atoms with Gasteiger partial charge >= 0.3 is 0 Å². The molecule has 17 heavy (non-hydrogen) atoms. The Bertz CT molecular complexity index is 486. The van der Waals surface area contributed by atoms with Gasteiger partial charge in [-0.1, -0.05) is 6.92 Å². The fourth-order valence-corrected chi connectivity index (χ4v) is 2.33. The third kappa shape index (κ3) is 2.01. The zero-order valence-corrected chi connectivity index (χ0v) is 9.93. The fourth-order valence-electron chi connectivity index (χ4n) is 2.33. The first-order valence-electron chi connectivity index (χ1n) is 5.68. The highest BCUT2D eigenvalue weighted by atomic mass is 16.2. The number of carbonyl (C=O) groups excluding carboxylic acids is 2. The highest BCUT2D eigenvalue weighted by molar-refractivity contribution is 5.87. The van der Waals surface area contributed by atoms with E-state index in [1.54, 1.807) is 12.5 Å². The third-order valence-corrected chi connectivity index (χ3v) is 3.35. The minimum Gasteiger partial charge on any atom is -0.338 e. The Morgan fingerprint density at radius 3 is 2.82 bits per heavy atom. The molecule has 5 heteroatoms. The van der Waals surface area contributed by atoms with Gasteiger partial charge in [0.2, 0.25) is 5.91 Å². The topological polar surface area (TPSA) is 64.0 Å². The quantitative estimate of drug-likeness (QED) is 0.771. The van der Waals surface area contributed by atoms with Crippen molar-refractivity contribution < 1.29 is 9.59 Å². The molecule has 2 heterocycles. The Morgan fingerprint density at radius 1 is 1.53 bits per heavy atom. The highest BCUT2D eigenvalue weighted by Gasteiger charge is 2.38. The maximum atomic E-state index is 11.8. The van der Waals surface area contributed by atoms with Gasteiger partial charge in [0.25, 0.3) is 0 Å². The summed E-state index contributed by atoms with van der Waals surface area (Å²) in [6.07, 6.45) is 4.82. The lowest BCUT2D eigenvalue weighted by atomic mass is 9.88. The van der Waals surface area contributed by atoms with Gasteiger partial charge in [-0.15, -0.1) is 0 Å². The first kappa shape index (κ1) is 11.6. The van der Waals surface area contributed by atoms with Crippen LogP contribution in [0.2, 0.25) is 0 Å². The summed E-state index contributed by atoms with van der Waals surface area (Å²) in [4.78, 5) is 26.6. The molecule has 1 aliphatic heterocycles. The van der Waals surface area contributed by atoms with E-state index in [2.05, 4.69) is 10.3 Å². The Morgan fingerprint density at radius 2 is 2.29 bits per heavy atom. The predicted octanol–water partition coefficient (Wildman–Crippen LogP) is 0.450. The van der Waals surface area contributed by atoms with Crippen molar-refractivity contribution >= 4 is 11.8 Å². The van der Waals surface area contributed by atoms with Gasteiger partial charge in [0, 0.05) is 31.3 Å². The fraction of sp³-hybridized carbons (Fsp3) is 0.500. The van der Waals surface area contributed by atoms with Gasteiger partial charge < -0.3 is 9.88 Å². The molecule has 1 N–H and O–H groups in total. The number of rotatable bonds is 3. The van der Waals surface area contributed by atoms with Crippen molar-refractivity contribution in [3.8, 4) is 0 Å². The summed E-state index contributed by atoms with van der Waals surface area (Å²) < 4.78 is 1.89. The van der Waals surface area contributed by atoms with Gasteiger partial charge in [0.15, 0.2) is 0 Å². The number of aryl methyl sites for hydroxylation is 1. The van der Waals surface area contributed by atoms with E-state index >= 15 is 0 Å². The molecule has 90 valence electrons. The molecule has 0 unspecified atom stereocenters. The van der Waals surface area contributed by atoms with Crippen LogP contribution in [-0.2, 0) is 23.1 Å². The summed E-state index contributed by atoms with van der Waals surface area (Å²) in [5.41, 5.74) is 1.39. The van der Waals surface area contributed by atoms with Crippen molar-refractivity contribution in [2.24, 2.45) is 18.9 Å². The molecule has 0 aromatic carbocycles. The molecule has 1 saturated heterocycles. The molecule has 1 fully saturated rings. The first-order valence-corrected chi connectivity index (χ1v) is 5.68. The Balaban J connectivity index is 2.23. The summed E-state index contributed by atoms with van der Waals surface area (Å²) in [7, 11) is 1.90. The van der Waals surface area contributed by atoms with Gasteiger partial charge in [-0.3, -0.25) is 4.79 Å². The lowest BCUT2D eigenvalue weighted by Gasteiger charge is -2.14. The zero-order chi connectivity index (χ0) is 12.4. The van der Waals surface area contributed by atoms with Crippen LogP contribution in [0.15, 0.2) is 18.2 Å². The lowest BCUT2D eigenvalue weighted by molar-refractivity contribution is -0.122. The van der Waals surface area contributed by atoms with Crippen molar-refractivity contribution in [2.45, 2.75) is 19.8 Å². The second kappa shape index (κ2) is 4.55. The molecule has 0 radical (unpaired) electrons. The number of allylic oxidation sites excluding steroid dienone is 1. The smallest absolute Gasteiger partial charge is 0.228 e. The minimum atomic E-state index is -0.188. The van der Waals surface area contributed by atoms with E-state index in [-0.39, 0.29) is 17.7 Å². The van der Waals surface area contributed by atoms with E-state index in [0.717, 1.165) is 12.1 Å². The second-order valence-corrected chi connectivity index (χ2v) is 4.33. The molecule has 0 aliphatic carbocycles. The molecule has 1 aromatic heterocycles. The maximum Gasteiger partial charge on any atom is 0.228 e. The SMILES string of the molecule is CC[C@H]1C(=C=O)NC(=O)[C@@H]1Cc1cncn1C. The second-order valence-electron chi connectivity index (χ2n) is 4.33. The number of carbonyl (C=O) groups is 1. The van der Waals surface area contributed by atoms with Gasteiger partial charge in [-0.05, 0) is 6.42 Å². The van der Waals surface area contributed by atoms with Crippen molar-refractivity contribution in [2.75, 3.05) is 0 Å². The van der Waals surface area contributed by atoms with E-state index in [9.17, 15) is 9.59 Å². The van der Waals surface area contributed by atoms with Crippen LogP contribution in [0, 0.1) is 11.8 Å². The van der Waals surface area contributed by atoms with E-state index in [1.165, 1.54) is 0 Å². The number of nitrogens with one attached hydrogen (secondary N) is 1. The summed E-state index contributed by atoms with van der Waals surface area (Å²) in [5, 5.41) is 2.61. The van der Waals surface area contributed by atoms with Crippen LogP contribution in [0.5, 0.6) is 0 Å². The molecule has 0 bridgehead atoms. The van der Waals surface area contributed by atoms with Crippen LogP contribution in [0.4, 0.5) is 0 Å². The molecule has 2 atom stereocenters. The van der Waals surface area contributed by atoms with Crippen molar-refractivity contribution in [1.29, 1.82) is 0 Å². The van der Waals surface area contributed by atoms with Gasteiger partial charge in [-0.2, -0.15) is 0 Å². The van der Waals surface area contributed by atoms with Crippen molar-refractivity contribution in [3.63, 3.8) is 0 Å². The minimum absolute atomic E-state index is 0.0464. The lowest BCUT2D eigenvalue weighted by Crippen LogP contribution is -2.22. The number of amides is 1. The first-order chi connectivity index (χ1) is 8.17. The number of hydrogen-bond donors (Lipinski definition) is 1. The molecular weight excluding hydrogens is 218 g/mol. The largest absolute Gasteiger partial charge is 0.338 e. The highest BCUT2D eigenvalue weighted by Crippen LogP contribution is 2.30. The third-order valence-electron chi connectivity index (χ3n) is 3.35. The monoisotopic (exact) mass is 233 g/mol. The van der Waals surface area contributed by atoms with Crippen LogP contribution in [-0.4, -0.2) is 21.4 Å². The summed E-state index contributed by atoms with van der Waals surface area (Å²) in [6, 6.07) is 0. The van der Waals surface area contributed by atoms with Gasteiger partial charge in [0.1, 0.15) is 11.6 Å². The average Bonchev–Trinajstić information content (AvgIpc) is 2.85. The molecule has 0 spiro atoms. The van der Waals surface area contributed by atoms with Gasteiger partial charge in [0.05, 0.1) is 12.2 Å². The molecule has 1 aliphatic rings. The number of aromatic nitrogens is 2. The molecule has 5 nitrogen and oxygen atoms in total. The van der Waals surface area contributed by atoms with Crippen LogP contribution >= 0.6 is 0 Å². The summed E-state index contributed by atoms with van der Waals surface area (Å²) in [5.74, 6) is 1.51. The summed E-state index contributed by atoms with van der Waals surface area (Å²) in [6.45, 7) is 1.97. The molecule has 1 aromatic rings. The van der Waals surface area contributed by atoms with E-state index in [0.29, 0.717) is 12.1 Å². The van der Waals surface area contributed by atoms with Gasteiger partial charge in [-0.25, -0.2) is 9.78 Å². The van der Waals surface area contributed by atoms with E-state index in [1.807, 2.05) is 24.5 Å². The number of hydrogen-bond acceptors (Lipinski definition) is 3. The molecule has 2 rings (SSSR count). The predicted molar refractivity (Wildman–Crippen MR) is 61.5 cm³/mol. The van der Waals surface area contributed by atoms with Crippen LogP contribution in [0.3, 0.4) is 0 Å². The average molecular weight is 233 g/mol. The molecule has 0 saturated carbocycles. The molecular formula is C12H15N3O2. The van der Waals surface area contributed by atoms with Crippen molar-refractivity contribution in [3.05, 3.63) is 23.9 Å². The van der Waals surface area contributed by atoms with Crippen LogP contribution in [0.25, 0.3) is 0 Å². The van der Waals surface area contributed by atoms with Crippen molar-refractivity contribution in [1.82, 2.24) is 14.9 Å². The standard InChI is InChI=1S/C12H15N3O2/c1-3-9-10(12(17)14-11(9)6-16)4-8-5-13-7-15(8)2/h5,7,9-10H,3-4H2,1-2H3,(H,14,17)/t9-,10-/m1/s1.